The lowest BCUT2D eigenvalue weighted by Gasteiger charge is -2.29. The highest BCUT2D eigenvalue weighted by molar-refractivity contribution is 6.04. The molecule has 34 heavy (non-hydrogen) atoms. The monoisotopic (exact) mass is 475 g/mol. The smallest absolute Gasteiger partial charge is 0.265 e. The molecule has 0 aliphatic carbocycles. The molecule has 0 radical (unpaired) electrons. The second-order valence-electron chi connectivity index (χ2n) is 7.62. The molecule has 0 spiro atoms. The molecule has 1 N–H and O–H groups in total. The highest BCUT2D eigenvalue weighted by Gasteiger charge is 2.28. The Morgan fingerprint density at radius 1 is 1.12 bits per heavy atom. The van der Waals surface area contributed by atoms with Gasteiger partial charge in [0.05, 0.1) is 5.69 Å². The number of hydrogen-bond acceptors (Lipinski definition) is 6. The molecule has 1 heterocycles. The number of halogens is 2. The Kier molecular flexibility index (Phi) is 8.53. The van der Waals surface area contributed by atoms with Crippen molar-refractivity contribution in [3.05, 3.63) is 53.6 Å². The normalized spacial score (nSPS) is 12.9. The van der Waals surface area contributed by atoms with Crippen LogP contribution in [0.5, 0.6) is 11.5 Å². The molecule has 0 saturated heterocycles. The number of carbonyl (C=O) groups excluding carboxylic acids is 3. The van der Waals surface area contributed by atoms with Gasteiger partial charge in [0, 0.05) is 24.7 Å². The third-order valence-corrected chi connectivity index (χ3v) is 5.43. The van der Waals surface area contributed by atoms with Gasteiger partial charge in [-0.15, -0.1) is 0 Å². The molecule has 2 aromatic rings. The Morgan fingerprint density at radius 3 is 2.59 bits per heavy atom. The van der Waals surface area contributed by atoms with Crippen molar-refractivity contribution in [2.45, 2.75) is 13.8 Å². The summed E-state index contributed by atoms with van der Waals surface area (Å²) in [4.78, 5) is 40.9. The summed E-state index contributed by atoms with van der Waals surface area (Å²) in [6.45, 7) is 6.12. The van der Waals surface area contributed by atoms with Crippen LogP contribution in [-0.4, -0.2) is 68.4 Å². The molecule has 1 aliphatic rings. The van der Waals surface area contributed by atoms with Crippen molar-refractivity contribution in [1.82, 2.24) is 10.2 Å². The average Bonchev–Trinajstić information content (AvgIpc) is 2.84. The van der Waals surface area contributed by atoms with Crippen molar-refractivity contribution in [1.29, 1.82) is 0 Å². The highest BCUT2D eigenvalue weighted by Crippen LogP contribution is 2.33. The van der Waals surface area contributed by atoms with Gasteiger partial charge in [-0.2, -0.15) is 0 Å². The summed E-state index contributed by atoms with van der Waals surface area (Å²) in [6.07, 6.45) is 0. The number of carbonyl (C=O) groups is 3. The molecule has 10 heteroatoms. The van der Waals surface area contributed by atoms with Crippen LogP contribution >= 0.6 is 0 Å². The van der Waals surface area contributed by atoms with Crippen LogP contribution in [-0.2, 0) is 9.59 Å². The number of likely N-dealkylation sites (N-methyl/N-ethyl adjacent to an activating group) is 1. The number of benzene rings is 2. The molecule has 0 unspecified atom stereocenters. The lowest BCUT2D eigenvalue weighted by molar-refractivity contribution is -0.125. The number of anilines is 1. The number of hydrogen-bond donors (Lipinski definition) is 1. The Hall–Kier alpha value is -3.53. The zero-order valence-corrected chi connectivity index (χ0v) is 19.1. The van der Waals surface area contributed by atoms with Crippen molar-refractivity contribution < 1.29 is 32.6 Å². The molecular formula is C24H27F2N3O5. The first-order valence-corrected chi connectivity index (χ1v) is 11.0. The Bertz CT molecular complexity index is 1060. The van der Waals surface area contributed by atoms with E-state index in [4.69, 9.17) is 9.47 Å². The first-order valence-electron chi connectivity index (χ1n) is 11.0. The van der Waals surface area contributed by atoms with Crippen LogP contribution in [0.25, 0.3) is 0 Å². The third kappa shape index (κ3) is 6.28. The summed E-state index contributed by atoms with van der Waals surface area (Å²) in [5.74, 6) is -2.91. The number of Topliss-reactive ketones (excluding diaryl/α,β-unsaturated/α-hetero) is 1. The Morgan fingerprint density at radius 2 is 1.88 bits per heavy atom. The number of ketones is 1. The van der Waals surface area contributed by atoms with E-state index >= 15 is 0 Å². The molecule has 3 rings (SSSR count). The fraction of sp³-hybridized carbons (Fsp3) is 0.375. The molecule has 182 valence electrons. The van der Waals surface area contributed by atoms with E-state index in [1.54, 1.807) is 0 Å². The first kappa shape index (κ1) is 25.1. The fourth-order valence-electron chi connectivity index (χ4n) is 3.44. The predicted octanol–water partition coefficient (Wildman–Crippen LogP) is 2.41. The van der Waals surface area contributed by atoms with Gasteiger partial charge in [-0.25, -0.2) is 8.78 Å². The van der Waals surface area contributed by atoms with Crippen LogP contribution < -0.4 is 19.7 Å². The number of nitrogens with zero attached hydrogens (tertiary/aromatic N) is 2. The molecule has 2 aromatic carbocycles. The summed E-state index contributed by atoms with van der Waals surface area (Å²) >= 11 is 0. The van der Waals surface area contributed by atoms with Crippen LogP contribution in [0, 0.1) is 11.6 Å². The van der Waals surface area contributed by atoms with E-state index in [2.05, 4.69) is 10.2 Å². The summed E-state index contributed by atoms with van der Waals surface area (Å²) in [5.41, 5.74) is 0.514. The van der Waals surface area contributed by atoms with Crippen LogP contribution in [0.2, 0.25) is 0 Å². The summed E-state index contributed by atoms with van der Waals surface area (Å²) < 4.78 is 37.1. The van der Waals surface area contributed by atoms with Gasteiger partial charge in [-0.05, 0) is 43.4 Å². The van der Waals surface area contributed by atoms with Gasteiger partial charge in [0.25, 0.3) is 5.91 Å². The largest absolute Gasteiger partial charge is 0.485 e. The zero-order chi connectivity index (χ0) is 24.7. The summed E-state index contributed by atoms with van der Waals surface area (Å²) in [6, 6.07) is 7.47. The van der Waals surface area contributed by atoms with Crippen LogP contribution in [0.3, 0.4) is 0 Å². The predicted molar refractivity (Wildman–Crippen MR) is 121 cm³/mol. The van der Waals surface area contributed by atoms with E-state index in [1.165, 1.54) is 29.2 Å². The molecule has 0 atom stereocenters. The van der Waals surface area contributed by atoms with Crippen molar-refractivity contribution in [2.75, 3.05) is 50.8 Å². The third-order valence-electron chi connectivity index (χ3n) is 5.43. The van der Waals surface area contributed by atoms with Gasteiger partial charge < -0.3 is 19.7 Å². The fourth-order valence-corrected chi connectivity index (χ4v) is 3.44. The Balaban J connectivity index is 1.66. The van der Waals surface area contributed by atoms with Crippen molar-refractivity contribution >= 4 is 23.3 Å². The van der Waals surface area contributed by atoms with Gasteiger partial charge in [0.2, 0.25) is 5.91 Å². The molecule has 0 aromatic heterocycles. The summed E-state index contributed by atoms with van der Waals surface area (Å²) in [7, 11) is 0. The van der Waals surface area contributed by atoms with Crippen molar-refractivity contribution in [3.8, 4) is 11.5 Å². The van der Waals surface area contributed by atoms with Crippen molar-refractivity contribution in [3.63, 3.8) is 0 Å². The quantitative estimate of drug-likeness (QED) is 0.503. The maximum absolute atomic E-state index is 13.3. The molecule has 2 amide bonds. The number of nitrogens with one attached hydrogen (secondary N) is 1. The van der Waals surface area contributed by atoms with Crippen LogP contribution in [0.4, 0.5) is 14.5 Å². The topological polar surface area (TPSA) is 88.2 Å². The first-order chi connectivity index (χ1) is 16.3. The van der Waals surface area contributed by atoms with Crippen LogP contribution in [0.1, 0.15) is 24.2 Å². The average molecular weight is 475 g/mol. The minimum atomic E-state index is -1.08. The maximum Gasteiger partial charge on any atom is 0.265 e. The highest BCUT2D eigenvalue weighted by atomic mass is 19.2. The second kappa shape index (κ2) is 11.6. The molecule has 1 aliphatic heterocycles. The summed E-state index contributed by atoms with van der Waals surface area (Å²) in [5, 5.41) is 2.81. The van der Waals surface area contributed by atoms with Crippen molar-refractivity contribution in [2.24, 2.45) is 0 Å². The maximum atomic E-state index is 13.3. The second-order valence-corrected chi connectivity index (χ2v) is 7.62. The lowest BCUT2D eigenvalue weighted by Crippen LogP contribution is -2.46. The molecule has 0 saturated carbocycles. The van der Waals surface area contributed by atoms with E-state index in [9.17, 15) is 23.2 Å². The lowest BCUT2D eigenvalue weighted by atomic mass is 10.1. The van der Waals surface area contributed by atoms with E-state index in [0.29, 0.717) is 24.5 Å². The van der Waals surface area contributed by atoms with Gasteiger partial charge in [-0.1, -0.05) is 13.8 Å². The standard InChI is InChI=1S/C24H27F2N3O5/c1-3-28(4-2)10-9-27-23(31)13-29-20-11-16(5-8-22(20)34-15-24(29)32)21(30)14-33-17-6-7-18(25)19(26)12-17/h5-8,11-12H,3-4,9-10,13-15H2,1-2H3,(H,27,31). The van der Waals surface area contributed by atoms with Gasteiger partial charge in [-0.3, -0.25) is 19.3 Å². The van der Waals surface area contributed by atoms with E-state index in [0.717, 1.165) is 25.2 Å². The van der Waals surface area contributed by atoms with Gasteiger partial charge in [0.15, 0.2) is 30.6 Å². The minimum absolute atomic E-state index is 0.00623. The van der Waals surface area contributed by atoms with Gasteiger partial charge >= 0.3 is 0 Å². The zero-order valence-electron chi connectivity index (χ0n) is 19.1. The Labute approximate surface area is 196 Å². The number of fused-ring (bicyclic) bond motifs is 1. The van der Waals surface area contributed by atoms with E-state index in [-0.39, 0.29) is 30.4 Å². The molecular weight excluding hydrogens is 448 g/mol. The SMILES string of the molecule is CCN(CC)CCNC(=O)CN1C(=O)COc2ccc(C(=O)COc3ccc(F)c(F)c3)cc21. The molecule has 0 fully saturated rings. The molecule has 8 nitrogen and oxygen atoms in total. The van der Waals surface area contributed by atoms with Gasteiger partial charge in [0.1, 0.15) is 18.0 Å². The molecule has 0 bridgehead atoms. The number of amides is 2. The van der Waals surface area contributed by atoms with E-state index in [1.807, 2.05) is 13.8 Å². The number of rotatable bonds is 11. The van der Waals surface area contributed by atoms with E-state index < -0.39 is 29.9 Å². The van der Waals surface area contributed by atoms with Crippen LogP contribution in [0.15, 0.2) is 36.4 Å². The minimum Gasteiger partial charge on any atom is -0.485 e. The number of ether oxygens (including phenoxy) is 2.